The van der Waals surface area contributed by atoms with Crippen molar-refractivity contribution in [2.75, 3.05) is 11.9 Å². The molecule has 46 heavy (non-hydrogen) atoms. The molecule has 0 aromatic carbocycles. The summed E-state index contributed by atoms with van der Waals surface area (Å²) in [5, 5.41) is 1.42. The Morgan fingerprint density at radius 2 is 1.54 bits per heavy atom. The van der Waals surface area contributed by atoms with Crippen molar-refractivity contribution in [1.29, 1.82) is 0 Å². The maximum Gasteiger partial charge on any atom is 0.333 e. The second-order valence-corrected chi connectivity index (χ2v) is 27.5. The molecule has 15 heteroatoms. The SMILES string of the molecule is Cc1cn([C@@H]2O[C@H](CO[Si](C)(C)C(C)(C)C)[C@@]3(OS(=O)(=O)C=C3N)[C@H]2O[Si](C)(C)C(C)(C)C)c(=O)n(CCCCCCCBr)c1=O. The topological polar surface area (TPSA) is 141 Å². The van der Waals surface area contributed by atoms with E-state index in [2.05, 4.69) is 70.6 Å². The molecule has 3 heterocycles. The lowest BCUT2D eigenvalue weighted by atomic mass is 9.89. The van der Waals surface area contributed by atoms with Crippen molar-refractivity contribution in [1.82, 2.24) is 9.13 Å². The molecule has 1 aromatic rings. The van der Waals surface area contributed by atoms with Gasteiger partial charge >= 0.3 is 5.69 Å². The molecule has 0 amide bonds. The van der Waals surface area contributed by atoms with Crippen LogP contribution in [0.15, 0.2) is 26.9 Å². The summed E-state index contributed by atoms with van der Waals surface area (Å²) in [5.74, 6) is 0. The van der Waals surface area contributed by atoms with Crippen molar-refractivity contribution < 1.29 is 26.2 Å². The number of nitrogens with zero attached hydrogens (tertiary/aromatic N) is 2. The van der Waals surface area contributed by atoms with E-state index in [-0.39, 0.29) is 34.5 Å². The van der Waals surface area contributed by atoms with Crippen molar-refractivity contribution in [2.45, 2.75) is 147 Å². The van der Waals surface area contributed by atoms with Gasteiger partial charge in [0.2, 0.25) is 0 Å². The monoisotopic (exact) mass is 765 g/mol. The van der Waals surface area contributed by atoms with Crippen LogP contribution < -0.4 is 17.0 Å². The molecule has 0 radical (unpaired) electrons. The van der Waals surface area contributed by atoms with E-state index in [0.29, 0.717) is 12.0 Å². The molecule has 1 saturated heterocycles. The molecule has 2 aliphatic rings. The van der Waals surface area contributed by atoms with Gasteiger partial charge in [-0.1, -0.05) is 76.7 Å². The van der Waals surface area contributed by atoms with E-state index in [1.807, 2.05) is 13.1 Å². The molecule has 11 nitrogen and oxygen atoms in total. The highest BCUT2D eigenvalue weighted by molar-refractivity contribution is 9.09. The summed E-state index contributed by atoms with van der Waals surface area (Å²) < 4.78 is 54.8. The van der Waals surface area contributed by atoms with Crippen LogP contribution in [0.4, 0.5) is 0 Å². The highest BCUT2D eigenvalue weighted by Gasteiger charge is 2.67. The molecule has 4 atom stereocenters. The van der Waals surface area contributed by atoms with Gasteiger partial charge in [-0.05, 0) is 56.0 Å². The van der Waals surface area contributed by atoms with Crippen molar-refractivity contribution in [3.05, 3.63) is 43.7 Å². The quantitative estimate of drug-likeness (QED) is 0.113. The minimum Gasteiger partial charge on any atom is -0.414 e. The molecule has 0 saturated carbocycles. The van der Waals surface area contributed by atoms with E-state index in [1.165, 1.54) is 15.3 Å². The normalized spacial score (nSPS) is 25.4. The Kier molecular flexibility index (Phi) is 12.0. The van der Waals surface area contributed by atoms with E-state index < -0.39 is 56.5 Å². The zero-order valence-electron chi connectivity index (χ0n) is 29.6. The summed E-state index contributed by atoms with van der Waals surface area (Å²) in [7, 11) is -9.25. The minimum atomic E-state index is -4.21. The Morgan fingerprint density at radius 1 is 0.978 bits per heavy atom. The van der Waals surface area contributed by atoms with Crippen LogP contribution in [0.1, 0.15) is 85.4 Å². The van der Waals surface area contributed by atoms with Gasteiger partial charge in [0.25, 0.3) is 15.7 Å². The van der Waals surface area contributed by atoms with Gasteiger partial charge in [-0.25, -0.2) is 8.98 Å². The predicted molar refractivity (Wildman–Crippen MR) is 191 cm³/mol. The van der Waals surface area contributed by atoms with Gasteiger partial charge in [0.05, 0.1) is 17.7 Å². The van der Waals surface area contributed by atoms with Crippen LogP contribution in [0.3, 0.4) is 0 Å². The fourth-order valence-corrected chi connectivity index (χ4v) is 9.15. The number of unbranched alkanes of at least 4 members (excludes halogenated alkanes) is 4. The number of aryl methyl sites for hydroxylation is 1. The van der Waals surface area contributed by atoms with Gasteiger partial charge in [0.15, 0.2) is 28.5 Å². The second-order valence-electron chi connectivity index (χ2n) is 15.7. The Morgan fingerprint density at radius 3 is 2.07 bits per heavy atom. The first-order chi connectivity index (χ1) is 20.9. The second kappa shape index (κ2) is 14.0. The third kappa shape index (κ3) is 8.03. The average Bonchev–Trinajstić information content (AvgIpc) is 3.33. The van der Waals surface area contributed by atoms with Crippen LogP contribution in [0.5, 0.6) is 0 Å². The van der Waals surface area contributed by atoms with Crippen molar-refractivity contribution in [3.8, 4) is 0 Å². The summed E-state index contributed by atoms with van der Waals surface area (Å²) in [5.41, 5.74) is 4.16. The van der Waals surface area contributed by atoms with Crippen LogP contribution in [0, 0.1) is 6.92 Å². The van der Waals surface area contributed by atoms with E-state index in [1.54, 1.807) is 6.92 Å². The number of alkyl halides is 1. The summed E-state index contributed by atoms with van der Waals surface area (Å²) >= 11 is 3.45. The van der Waals surface area contributed by atoms with Gasteiger partial charge < -0.3 is 19.3 Å². The third-order valence-electron chi connectivity index (χ3n) is 10.2. The number of nitrogens with two attached hydrogens (primary N) is 1. The summed E-state index contributed by atoms with van der Waals surface area (Å²) in [4.78, 5) is 27.4. The number of aromatic nitrogens is 2. The van der Waals surface area contributed by atoms with E-state index in [9.17, 15) is 18.0 Å². The smallest absolute Gasteiger partial charge is 0.333 e. The first-order valence-electron chi connectivity index (χ1n) is 16.2. The lowest BCUT2D eigenvalue weighted by Gasteiger charge is -2.43. The molecule has 0 aliphatic carbocycles. The molecule has 1 spiro atoms. The first-order valence-corrected chi connectivity index (χ1v) is 24.6. The van der Waals surface area contributed by atoms with Crippen molar-refractivity contribution in [3.63, 3.8) is 0 Å². The highest BCUT2D eigenvalue weighted by Crippen LogP contribution is 2.52. The first kappa shape index (κ1) is 39.4. The van der Waals surface area contributed by atoms with Crippen LogP contribution >= 0.6 is 15.9 Å². The Labute approximate surface area is 285 Å². The molecule has 264 valence electrons. The fourth-order valence-electron chi connectivity index (χ4n) is 5.25. The Balaban J connectivity index is 2.19. The molecule has 1 aromatic heterocycles. The zero-order valence-corrected chi connectivity index (χ0v) is 34.0. The summed E-state index contributed by atoms with van der Waals surface area (Å²) in [6.07, 6.45) is 2.84. The molecule has 1 fully saturated rings. The number of hydrogen-bond acceptors (Lipinski definition) is 9. The maximum atomic E-state index is 14.1. The Bertz CT molecular complexity index is 1510. The van der Waals surface area contributed by atoms with E-state index >= 15 is 0 Å². The molecular formula is C31H56BrN3O8SSi2. The molecular weight excluding hydrogens is 710 g/mol. The van der Waals surface area contributed by atoms with Crippen LogP contribution in [0.25, 0.3) is 0 Å². The molecule has 2 aliphatic heterocycles. The number of rotatable bonds is 13. The molecule has 0 unspecified atom stereocenters. The van der Waals surface area contributed by atoms with Gasteiger partial charge in [-0.15, -0.1) is 0 Å². The zero-order chi connectivity index (χ0) is 35.1. The average molecular weight is 767 g/mol. The molecule has 0 bridgehead atoms. The van der Waals surface area contributed by atoms with Gasteiger partial charge in [-0.2, -0.15) is 8.42 Å². The Hall–Kier alpha value is -1.08. The lowest BCUT2D eigenvalue weighted by molar-refractivity contribution is -0.0567. The standard InChI is InChI=1S/C31H56BrN3O8SSi2/c1-22-19-35(28(37)34(26(22)36)18-16-14-12-13-15-17-32)27-25(42-46(10,11)30(5,6)7)31(23(33)21-44(38,39)43-31)24(41-27)20-40-45(8,9)29(2,3)4/h19,21,24-25,27H,12-18,20,33H2,1-11H3/t24-,25+,27-,31-/m1/s1. The number of hydrogen-bond donors (Lipinski definition) is 1. The number of ether oxygens (including phenoxy) is 1. The van der Waals surface area contributed by atoms with Crippen molar-refractivity contribution in [2.24, 2.45) is 5.73 Å². The van der Waals surface area contributed by atoms with Crippen LogP contribution in [-0.2, 0) is 34.4 Å². The maximum absolute atomic E-state index is 14.1. The fraction of sp³-hybridized carbons (Fsp3) is 0.806. The molecule has 2 N–H and O–H groups in total. The summed E-state index contributed by atoms with van der Waals surface area (Å²) in [6, 6.07) is 0. The van der Waals surface area contributed by atoms with E-state index in [4.69, 9.17) is 23.5 Å². The predicted octanol–water partition coefficient (Wildman–Crippen LogP) is 5.87. The van der Waals surface area contributed by atoms with Crippen LogP contribution in [-0.4, -0.2) is 63.9 Å². The van der Waals surface area contributed by atoms with Gasteiger partial charge in [-0.3, -0.25) is 13.9 Å². The lowest BCUT2D eigenvalue weighted by Crippen LogP contribution is -2.59. The number of halogens is 1. The highest BCUT2D eigenvalue weighted by atomic mass is 79.9. The van der Waals surface area contributed by atoms with E-state index in [0.717, 1.165) is 36.4 Å². The van der Waals surface area contributed by atoms with Gasteiger partial charge in [0.1, 0.15) is 12.2 Å². The van der Waals surface area contributed by atoms with Crippen LogP contribution in [0.2, 0.25) is 36.3 Å². The molecule has 3 rings (SSSR count). The largest absolute Gasteiger partial charge is 0.414 e. The van der Waals surface area contributed by atoms with Crippen molar-refractivity contribution >= 4 is 42.7 Å². The third-order valence-corrected chi connectivity index (χ3v) is 20.8. The van der Waals surface area contributed by atoms with Gasteiger partial charge in [0, 0.05) is 23.6 Å². The minimum absolute atomic E-state index is 0.0316. The summed E-state index contributed by atoms with van der Waals surface area (Å²) in [6.45, 7) is 22.6.